The molecule has 5 nitrogen and oxygen atoms in total. The minimum Gasteiger partial charge on any atom is -0.494 e. The van der Waals surface area contributed by atoms with E-state index in [4.69, 9.17) is 0 Å². The van der Waals surface area contributed by atoms with Crippen molar-refractivity contribution in [1.29, 1.82) is 0 Å². The lowest BCUT2D eigenvalue weighted by atomic mass is 10.0. The molecule has 2 rings (SSSR count). The number of aromatic nitrogens is 2. The second-order valence-electron chi connectivity index (χ2n) is 5.04. The van der Waals surface area contributed by atoms with E-state index in [1.807, 2.05) is 0 Å². The van der Waals surface area contributed by atoms with E-state index in [9.17, 15) is 14.7 Å². The molecule has 1 heterocycles. The fraction of sp³-hybridized carbons (Fsp3) is 0.667. The van der Waals surface area contributed by atoms with Crippen LogP contribution in [0.3, 0.4) is 0 Å². The first-order valence-electron chi connectivity index (χ1n) is 6.02. The number of aromatic amines is 1. The number of H-pyrrole nitrogens is 1. The summed E-state index contributed by atoms with van der Waals surface area (Å²) < 4.78 is 1.29. The Bertz CT molecular complexity index is 538. The second kappa shape index (κ2) is 4.05. The van der Waals surface area contributed by atoms with Gasteiger partial charge in [0.2, 0.25) is 5.88 Å². The van der Waals surface area contributed by atoms with Crippen molar-refractivity contribution >= 4 is 0 Å². The number of nitrogens with zero attached hydrogens (tertiary/aromatic N) is 1. The lowest BCUT2D eigenvalue weighted by Gasteiger charge is -2.17. The van der Waals surface area contributed by atoms with Crippen molar-refractivity contribution in [1.82, 2.24) is 9.55 Å². The Kier molecular flexibility index (Phi) is 2.85. The van der Waals surface area contributed by atoms with Crippen LogP contribution in [-0.4, -0.2) is 14.7 Å². The highest BCUT2D eigenvalue weighted by atomic mass is 16.3. The molecule has 0 spiro atoms. The lowest BCUT2D eigenvalue weighted by molar-refractivity contribution is 0.327. The van der Waals surface area contributed by atoms with Crippen LogP contribution < -0.4 is 11.2 Å². The molecule has 5 heteroatoms. The number of hydrogen-bond acceptors (Lipinski definition) is 3. The molecular weight excluding hydrogens is 220 g/mol. The van der Waals surface area contributed by atoms with E-state index in [2.05, 4.69) is 11.9 Å². The molecule has 0 aromatic carbocycles. The quantitative estimate of drug-likeness (QED) is 0.825. The first-order chi connectivity index (χ1) is 7.99. The maximum atomic E-state index is 11.7. The zero-order valence-electron chi connectivity index (χ0n) is 10.2. The van der Waals surface area contributed by atoms with Crippen LogP contribution in [0, 0.1) is 12.3 Å². The van der Waals surface area contributed by atoms with Gasteiger partial charge in [-0.1, -0.05) is 13.3 Å². The third kappa shape index (κ3) is 2.14. The molecule has 0 amide bonds. The topological polar surface area (TPSA) is 75.1 Å². The lowest BCUT2D eigenvalue weighted by Crippen LogP contribution is -2.33. The highest BCUT2D eigenvalue weighted by Gasteiger charge is 2.42. The normalized spacial score (nSPS) is 17.1. The molecule has 0 saturated heterocycles. The number of nitrogens with one attached hydrogen (secondary N) is 1. The van der Waals surface area contributed by atoms with Crippen LogP contribution in [0.15, 0.2) is 9.59 Å². The summed E-state index contributed by atoms with van der Waals surface area (Å²) >= 11 is 0. The van der Waals surface area contributed by atoms with Gasteiger partial charge in [-0.3, -0.25) is 14.3 Å². The summed E-state index contributed by atoms with van der Waals surface area (Å²) in [6.45, 7) is 4.13. The molecule has 0 radical (unpaired) electrons. The molecule has 17 heavy (non-hydrogen) atoms. The van der Waals surface area contributed by atoms with Gasteiger partial charge in [-0.25, -0.2) is 4.79 Å². The van der Waals surface area contributed by atoms with E-state index in [0.717, 1.165) is 25.7 Å². The molecule has 1 saturated carbocycles. The largest absolute Gasteiger partial charge is 0.494 e. The second-order valence-corrected chi connectivity index (χ2v) is 5.04. The van der Waals surface area contributed by atoms with Gasteiger partial charge in [0.25, 0.3) is 5.56 Å². The van der Waals surface area contributed by atoms with Crippen LogP contribution in [0.1, 0.15) is 38.2 Å². The van der Waals surface area contributed by atoms with Gasteiger partial charge in [0, 0.05) is 6.54 Å². The van der Waals surface area contributed by atoms with Crippen LogP contribution in [-0.2, 0) is 6.54 Å². The van der Waals surface area contributed by atoms with Crippen LogP contribution in [0.5, 0.6) is 5.88 Å². The van der Waals surface area contributed by atoms with Crippen LogP contribution in [0.2, 0.25) is 0 Å². The van der Waals surface area contributed by atoms with E-state index in [1.54, 1.807) is 0 Å². The van der Waals surface area contributed by atoms with Crippen molar-refractivity contribution < 1.29 is 5.11 Å². The molecule has 1 aromatic rings. The summed E-state index contributed by atoms with van der Waals surface area (Å²) in [6.07, 6.45) is 4.30. The van der Waals surface area contributed by atoms with E-state index in [1.165, 1.54) is 11.5 Å². The van der Waals surface area contributed by atoms with Gasteiger partial charge < -0.3 is 5.11 Å². The molecule has 0 unspecified atom stereocenters. The van der Waals surface area contributed by atoms with Crippen LogP contribution in [0.25, 0.3) is 0 Å². The Morgan fingerprint density at radius 1 is 1.41 bits per heavy atom. The van der Waals surface area contributed by atoms with Crippen LogP contribution >= 0.6 is 0 Å². The molecule has 1 aromatic heterocycles. The van der Waals surface area contributed by atoms with Crippen LogP contribution in [0.4, 0.5) is 0 Å². The third-order valence-corrected chi connectivity index (χ3v) is 3.63. The fourth-order valence-electron chi connectivity index (χ4n) is 2.33. The molecule has 1 aliphatic rings. The molecule has 2 N–H and O–H groups in total. The monoisotopic (exact) mass is 238 g/mol. The van der Waals surface area contributed by atoms with Gasteiger partial charge in [-0.2, -0.15) is 0 Å². The van der Waals surface area contributed by atoms with Gasteiger partial charge in [-0.15, -0.1) is 0 Å². The number of hydrogen-bond donors (Lipinski definition) is 2. The minimum absolute atomic E-state index is 0.154. The Labute approximate surface area is 99.1 Å². The molecule has 94 valence electrons. The maximum Gasteiger partial charge on any atom is 0.331 e. The summed E-state index contributed by atoms with van der Waals surface area (Å²) in [5.41, 5.74) is -0.665. The van der Waals surface area contributed by atoms with Crippen molar-refractivity contribution in [2.24, 2.45) is 5.41 Å². The summed E-state index contributed by atoms with van der Waals surface area (Å²) in [6, 6.07) is 0. The van der Waals surface area contributed by atoms with Gasteiger partial charge in [-0.05, 0) is 31.6 Å². The SMILES string of the molecule is CCCC1(Cn2c(O)c(C)c(=O)[nH]c2=O)CC1. The van der Waals surface area contributed by atoms with Crippen molar-refractivity contribution in [3.05, 3.63) is 26.4 Å². The minimum atomic E-state index is -0.513. The number of rotatable bonds is 4. The summed E-state index contributed by atoms with van der Waals surface area (Å²) in [4.78, 5) is 25.2. The van der Waals surface area contributed by atoms with Gasteiger partial charge >= 0.3 is 5.69 Å². The van der Waals surface area contributed by atoms with Crippen molar-refractivity contribution in [2.75, 3.05) is 0 Å². The summed E-state index contributed by atoms with van der Waals surface area (Å²) in [7, 11) is 0. The highest BCUT2D eigenvalue weighted by molar-refractivity contribution is 5.20. The summed E-state index contributed by atoms with van der Waals surface area (Å²) in [5, 5.41) is 9.86. The predicted molar refractivity (Wildman–Crippen MR) is 64.3 cm³/mol. The van der Waals surface area contributed by atoms with E-state index in [0.29, 0.717) is 6.54 Å². The molecular formula is C12H18N2O3. The molecule has 0 bridgehead atoms. The molecule has 1 fully saturated rings. The Morgan fingerprint density at radius 2 is 2.06 bits per heavy atom. The Balaban J connectivity index is 2.37. The Morgan fingerprint density at radius 3 is 2.59 bits per heavy atom. The zero-order valence-corrected chi connectivity index (χ0v) is 10.2. The smallest absolute Gasteiger partial charge is 0.331 e. The highest BCUT2D eigenvalue weighted by Crippen LogP contribution is 2.51. The predicted octanol–water partition coefficient (Wildman–Crippen LogP) is 1.13. The first kappa shape index (κ1) is 12.0. The first-order valence-corrected chi connectivity index (χ1v) is 6.02. The Hall–Kier alpha value is -1.52. The van der Waals surface area contributed by atoms with Gasteiger partial charge in [0.1, 0.15) is 0 Å². The molecule has 0 atom stereocenters. The van der Waals surface area contributed by atoms with E-state index < -0.39 is 11.2 Å². The standard InChI is InChI=1S/C12H18N2O3/c1-3-4-12(5-6-12)7-14-10(16)8(2)9(15)13-11(14)17/h16H,3-7H2,1-2H3,(H,13,15,17). The average Bonchev–Trinajstić information content (AvgIpc) is 3.02. The third-order valence-electron chi connectivity index (χ3n) is 3.63. The molecule has 0 aliphatic heterocycles. The van der Waals surface area contributed by atoms with E-state index in [-0.39, 0.29) is 16.9 Å². The van der Waals surface area contributed by atoms with Crippen molar-refractivity contribution in [3.63, 3.8) is 0 Å². The summed E-state index contributed by atoms with van der Waals surface area (Å²) in [5.74, 6) is -0.193. The zero-order chi connectivity index (χ0) is 12.6. The fourth-order valence-corrected chi connectivity index (χ4v) is 2.33. The van der Waals surface area contributed by atoms with Crippen molar-refractivity contribution in [2.45, 2.75) is 46.1 Å². The maximum absolute atomic E-state index is 11.7. The molecule has 1 aliphatic carbocycles. The van der Waals surface area contributed by atoms with Gasteiger partial charge in [0.05, 0.1) is 5.56 Å². The van der Waals surface area contributed by atoms with E-state index >= 15 is 0 Å². The van der Waals surface area contributed by atoms with Gasteiger partial charge in [0.15, 0.2) is 0 Å². The number of aromatic hydroxyl groups is 1. The average molecular weight is 238 g/mol. The van der Waals surface area contributed by atoms with Crippen molar-refractivity contribution in [3.8, 4) is 5.88 Å².